The molecular formula is C21H18N4O3. The summed E-state index contributed by atoms with van der Waals surface area (Å²) in [4.78, 5) is 23.2. The van der Waals surface area contributed by atoms with Crippen molar-refractivity contribution in [2.45, 2.75) is 6.42 Å². The van der Waals surface area contributed by atoms with Gasteiger partial charge in [0.1, 0.15) is 24.7 Å². The number of hydrogen-bond acceptors (Lipinski definition) is 6. The van der Waals surface area contributed by atoms with Gasteiger partial charge in [-0.15, -0.1) is 0 Å². The summed E-state index contributed by atoms with van der Waals surface area (Å²) in [5.41, 5.74) is 3.27. The predicted octanol–water partition coefficient (Wildman–Crippen LogP) is 3.19. The number of nitrogens with zero attached hydrogens (tertiary/aromatic N) is 3. The molecule has 1 N–H and O–H groups in total. The largest absolute Gasteiger partial charge is 0.486 e. The second kappa shape index (κ2) is 6.84. The van der Waals surface area contributed by atoms with Gasteiger partial charge < -0.3 is 19.7 Å². The molecule has 1 amide bonds. The van der Waals surface area contributed by atoms with Crippen LogP contribution in [0.25, 0.3) is 0 Å². The van der Waals surface area contributed by atoms with Crippen LogP contribution in [0.2, 0.25) is 0 Å². The number of rotatable bonds is 3. The first-order valence-electron chi connectivity index (χ1n) is 9.16. The van der Waals surface area contributed by atoms with Gasteiger partial charge >= 0.3 is 0 Å². The molecule has 0 unspecified atom stereocenters. The molecule has 0 saturated carbocycles. The number of nitrogens with one attached hydrogen (secondary N) is 1. The summed E-state index contributed by atoms with van der Waals surface area (Å²) in [5, 5.41) is 3.17. The van der Waals surface area contributed by atoms with Crippen molar-refractivity contribution in [3.05, 3.63) is 66.1 Å². The molecule has 5 rings (SSSR count). The fourth-order valence-corrected chi connectivity index (χ4v) is 3.46. The highest BCUT2D eigenvalue weighted by atomic mass is 16.6. The molecule has 0 bridgehead atoms. The van der Waals surface area contributed by atoms with E-state index in [1.54, 1.807) is 11.1 Å². The second-order valence-corrected chi connectivity index (χ2v) is 6.61. The Morgan fingerprint density at radius 2 is 1.86 bits per heavy atom. The van der Waals surface area contributed by atoms with Crippen molar-refractivity contribution in [1.82, 2.24) is 9.97 Å². The molecule has 140 valence electrons. The van der Waals surface area contributed by atoms with Crippen LogP contribution in [0, 0.1) is 0 Å². The molecule has 7 heteroatoms. The first-order valence-corrected chi connectivity index (χ1v) is 9.16. The van der Waals surface area contributed by atoms with Gasteiger partial charge in [0.2, 0.25) is 0 Å². The maximum absolute atomic E-state index is 12.8. The number of amides is 1. The Bertz CT molecular complexity index is 1040. The van der Waals surface area contributed by atoms with Crippen LogP contribution in [0.4, 0.5) is 17.2 Å². The third-order valence-electron chi connectivity index (χ3n) is 4.82. The maximum atomic E-state index is 12.8. The van der Waals surface area contributed by atoms with E-state index < -0.39 is 0 Å². The summed E-state index contributed by atoms with van der Waals surface area (Å²) in [6.07, 6.45) is 3.93. The van der Waals surface area contributed by atoms with Crippen LogP contribution in [-0.4, -0.2) is 35.6 Å². The zero-order valence-electron chi connectivity index (χ0n) is 15.1. The molecule has 0 radical (unpaired) electrons. The average Bonchev–Trinajstić information content (AvgIpc) is 3.18. The Morgan fingerprint density at radius 3 is 2.71 bits per heavy atom. The van der Waals surface area contributed by atoms with E-state index in [-0.39, 0.29) is 5.91 Å². The van der Waals surface area contributed by atoms with Gasteiger partial charge in [0, 0.05) is 24.0 Å². The molecule has 0 saturated heterocycles. The fraction of sp³-hybridized carbons (Fsp3) is 0.190. The van der Waals surface area contributed by atoms with Gasteiger partial charge in [0.15, 0.2) is 11.5 Å². The molecule has 2 aromatic carbocycles. The monoisotopic (exact) mass is 374 g/mol. The average molecular weight is 374 g/mol. The van der Waals surface area contributed by atoms with Crippen LogP contribution in [0.15, 0.2) is 54.9 Å². The first-order chi connectivity index (χ1) is 13.8. The number of ether oxygens (including phenoxy) is 2. The highest BCUT2D eigenvalue weighted by molar-refractivity contribution is 6.05. The molecule has 3 aromatic rings. The molecule has 7 nitrogen and oxygen atoms in total. The number of aromatic nitrogens is 2. The van der Waals surface area contributed by atoms with E-state index in [1.807, 2.05) is 36.4 Å². The van der Waals surface area contributed by atoms with Crippen molar-refractivity contribution >= 4 is 23.1 Å². The zero-order valence-corrected chi connectivity index (χ0v) is 15.1. The Hall–Kier alpha value is -3.61. The minimum atomic E-state index is -0.136. The van der Waals surface area contributed by atoms with Crippen molar-refractivity contribution in [3.63, 3.8) is 0 Å². The lowest BCUT2D eigenvalue weighted by Gasteiger charge is -2.19. The molecule has 2 aliphatic rings. The SMILES string of the molecule is O=C(c1cnc(Nc2ccc3c(c2)OCCO3)cn1)N1CCc2ccccc21. The summed E-state index contributed by atoms with van der Waals surface area (Å²) in [6, 6.07) is 13.5. The highest BCUT2D eigenvalue weighted by Gasteiger charge is 2.26. The lowest BCUT2D eigenvalue weighted by molar-refractivity contribution is 0.0984. The molecule has 0 spiro atoms. The summed E-state index contributed by atoms with van der Waals surface area (Å²) >= 11 is 0. The number of hydrogen-bond donors (Lipinski definition) is 1. The van der Waals surface area contributed by atoms with E-state index in [0.717, 1.165) is 23.5 Å². The van der Waals surface area contributed by atoms with Crippen LogP contribution in [0.3, 0.4) is 0 Å². The second-order valence-electron chi connectivity index (χ2n) is 6.61. The van der Waals surface area contributed by atoms with E-state index in [2.05, 4.69) is 21.4 Å². The number of para-hydroxylation sites is 1. The molecule has 28 heavy (non-hydrogen) atoms. The topological polar surface area (TPSA) is 76.6 Å². The van der Waals surface area contributed by atoms with Crippen LogP contribution in [0.1, 0.15) is 16.1 Å². The molecule has 2 aliphatic heterocycles. The number of benzene rings is 2. The molecule has 1 aromatic heterocycles. The standard InChI is InChI=1S/C21H18N4O3/c26-21(25-8-7-14-3-1-2-4-17(14)25)16-12-23-20(13-22-16)24-15-5-6-18-19(11-15)28-10-9-27-18/h1-6,11-13H,7-10H2,(H,23,24). The number of carbonyl (C=O) groups is 1. The Morgan fingerprint density at radius 1 is 1.00 bits per heavy atom. The van der Waals surface area contributed by atoms with Gasteiger partial charge in [-0.3, -0.25) is 4.79 Å². The van der Waals surface area contributed by atoms with E-state index in [0.29, 0.717) is 37.0 Å². The Labute approximate surface area is 161 Å². The summed E-state index contributed by atoms with van der Waals surface area (Å²) < 4.78 is 11.1. The van der Waals surface area contributed by atoms with Crippen molar-refractivity contribution in [2.24, 2.45) is 0 Å². The first kappa shape index (κ1) is 16.6. The van der Waals surface area contributed by atoms with Crippen molar-refractivity contribution in [1.29, 1.82) is 0 Å². The van der Waals surface area contributed by atoms with Gasteiger partial charge in [0.25, 0.3) is 5.91 Å². The minimum Gasteiger partial charge on any atom is -0.486 e. The third kappa shape index (κ3) is 3.00. The summed E-state index contributed by atoms with van der Waals surface area (Å²) in [5.74, 6) is 1.84. The van der Waals surface area contributed by atoms with Gasteiger partial charge in [0.05, 0.1) is 12.4 Å². The molecular weight excluding hydrogens is 356 g/mol. The fourth-order valence-electron chi connectivity index (χ4n) is 3.46. The van der Waals surface area contributed by atoms with E-state index in [4.69, 9.17) is 9.47 Å². The number of carbonyl (C=O) groups excluding carboxylic acids is 1. The minimum absolute atomic E-state index is 0.136. The Balaban J connectivity index is 1.32. The van der Waals surface area contributed by atoms with E-state index >= 15 is 0 Å². The number of fused-ring (bicyclic) bond motifs is 2. The molecule has 0 fully saturated rings. The molecule has 3 heterocycles. The van der Waals surface area contributed by atoms with E-state index in [1.165, 1.54) is 11.8 Å². The zero-order chi connectivity index (χ0) is 18.9. The maximum Gasteiger partial charge on any atom is 0.278 e. The van der Waals surface area contributed by atoms with Crippen LogP contribution in [0.5, 0.6) is 11.5 Å². The normalized spacial score (nSPS) is 14.5. The lowest BCUT2D eigenvalue weighted by Crippen LogP contribution is -2.29. The Kier molecular flexibility index (Phi) is 4.05. The lowest BCUT2D eigenvalue weighted by atomic mass is 10.2. The van der Waals surface area contributed by atoms with Gasteiger partial charge in [-0.1, -0.05) is 18.2 Å². The van der Waals surface area contributed by atoms with Crippen molar-refractivity contribution in [3.8, 4) is 11.5 Å². The van der Waals surface area contributed by atoms with Crippen LogP contribution in [-0.2, 0) is 6.42 Å². The van der Waals surface area contributed by atoms with Gasteiger partial charge in [-0.2, -0.15) is 0 Å². The van der Waals surface area contributed by atoms with Crippen LogP contribution < -0.4 is 19.7 Å². The smallest absolute Gasteiger partial charge is 0.278 e. The number of anilines is 3. The van der Waals surface area contributed by atoms with Gasteiger partial charge in [-0.05, 0) is 30.2 Å². The van der Waals surface area contributed by atoms with Crippen molar-refractivity contribution in [2.75, 3.05) is 30.0 Å². The quantitative estimate of drug-likeness (QED) is 0.759. The third-order valence-corrected chi connectivity index (χ3v) is 4.82. The summed E-state index contributed by atoms with van der Waals surface area (Å²) in [7, 11) is 0. The predicted molar refractivity (Wildman–Crippen MR) is 105 cm³/mol. The van der Waals surface area contributed by atoms with E-state index in [9.17, 15) is 4.79 Å². The van der Waals surface area contributed by atoms with Crippen molar-refractivity contribution < 1.29 is 14.3 Å². The highest BCUT2D eigenvalue weighted by Crippen LogP contribution is 2.33. The molecule has 0 atom stereocenters. The summed E-state index contributed by atoms with van der Waals surface area (Å²) in [6.45, 7) is 1.76. The van der Waals surface area contributed by atoms with Crippen LogP contribution >= 0.6 is 0 Å². The van der Waals surface area contributed by atoms with Gasteiger partial charge in [-0.25, -0.2) is 9.97 Å². The molecule has 0 aliphatic carbocycles.